The third kappa shape index (κ3) is 4.40. The van der Waals surface area contributed by atoms with E-state index in [4.69, 9.17) is 4.74 Å². The molecular formula is C21H16F2N4O3. The van der Waals surface area contributed by atoms with Crippen LogP contribution in [0.1, 0.15) is 6.42 Å². The number of ether oxygens (including phenoxy) is 1. The van der Waals surface area contributed by atoms with Gasteiger partial charge in [0.1, 0.15) is 17.4 Å². The molecule has 1 aliphatic rings. The highest BCUT2D eigenvalue weighted by Gasteiger charge is 2.35. The van der Waals surface area contributed by atoms with Gasteiger partial charge >= 0.3 is 6.01 Å². The Hall–Kier alpha value is -3.88. The molecule has 7 nitrogen and oxygen atoms in total. The first-order chi connectivity index (χ1) is 14.5. The number of nitrogens with one attached hydrogen (secondary N) is 1. The summed E-state index contributed by atoms with van der Waals surface area (Å²) in [5.41, 5.74) is 0.558. The number of benzene rings is 2. The molecular weight excluding hydrogens is 394 g/mol. The van der Waals surface area contributed by atoms with Crippen molar-refractivity contribution in [2.45, 2.75) is 6.42 Å². The molecule has 3 aromatic rings. The van der Waals surface area contributed by atoms with Crippen LogP contribution in [0.3, 0.4) is 0 Å². The lowest BCUT2D eigenvalue weighted by molar-refractivity contribution is -0.122. The Labute approximate surface area is 170 Å². The average Bonchev–Trinajstić information content (AvgIpc) is 3.10. The first kappa shape index (κ1) is 19.4. The van der Waals surface area contributed by atoms with Gasteiger partial charge in [-0.25, -0.2) is 18.7 Å². The molecule has 4 rings (SSSR count). The van der Waals surface area contributed by atoms with Crippen LogP contribution in [0, 0.1) is 17.6 Å². The first-order valence-corrected chi connectivity index (χ1v) is 9.10. The van der Waals surface area contributed by atoms with Crippen molar-refractivity contribution in [1.29, 1.82) is 0 Å². The van der Waals surface area contributed by atoms with Gasteiger partial charge in [-0.15, -0.1) is 0 Å². The molecule has 2 heterocycles. The van der Waals surface area contributed by atoms with E-state index in [1.54, 1.807) is 42.7 Å². The Balaban J connectivity index is 1.43. The van der Waals surface area contributed by atoms with Crippen LogP contribution in [-0.4, -0.2) is 28.3 Å². The van der Waals surface area contributed by atoms with Crippen molar-refractivity contribution in [3.05, 3.63) is 72.6 Å². The summed E-state index contributed by atoms with van der Waals surface area (Å²) in [5, 5.41) is 2.74. The largest absolute Gasteiger partial charge is 0.424 e. The number of hydrogen-bond acceptors (Lipinski definition) is 5. The van der Waals surface area contributed by atoms with Crippen LogP contribution < -0.4 is 15.0 Å². The lowest BCUT2D eigenvalue weighted by Crippen LogP contribution is -2.28. The lowest BCUT2D eigenvalue weighted by Gasteiger charge is -2.17. The van der Waals surface area contributed by atoms with Gasteiger partial charge in [-0.3, -0.25) is 9.59 Å². The molecule has 2 aromatic carbocycles. The van der Waals surface area contributed by atoms with Crippen molar-refractivity contribution in [3.8, 4) is 11.8 Å². The second-order valence-corrected chi connectivity index (χ2v) is 6.68. The van der Waals surface area contributed by atoms with Crippen molar-refractivity contribution in [2.75, 3.05) is 16.8 Å². The monoisotopic (exact) mass is 410 g/mol. The molecule has 1 aliphatic heterocycles. The molecule has 1 aromatic heterocycles. The van der Waals surface area contributed by atoms with Gasteiger partial charge in [0.25, 0.3) is 0 Å². The van der Waals surface area contributed by atoms with Crippen molar-refractivity contribution < 1.29 is 23.1 Å². The number of anilines is 2. The van der Waals surface area contributed by atoms with Gasteiger partial charge in [-0.2, -0.15) is 0 Å². The molecule has 0 radical (unpaired) electrons. The Bertz CT molecular complexity index is 1070. The van der Waals surface area contributed by atoms with E-state index >= 15 is 0 Å². The third-order valence-electron chi connectivity index (χ3n) is 4.51. The number of amides is 2. The van der Waals surface area contributed by atoms with Gasteiger partial charge in [0, 0.05) is 48.9 Å². The van der Waals surface area contributed by atoms with Crippen molar-refractivity contribution in [1.82, 2.24) is 9.97 Å². The van der Waals surface area contributed by atoms with Crippen LogP contribution in [0.5, 0.6) is 11.8 Å². The highest BCUT2D eigenvalue weighted by molar-refractivity contribution is 6.03. The summed E-state index contributed by atoms with van der Waals surface area (Å²) in [6.45, 7) is 0.0294. The molecule has 1 saturated heterocycles. The quantitative estimate of drug-likeness (QED) is 0.696. The Morgan fingerprint density at radius 2 is 1.80 bits per heavy atom. The highest BCUT2D eigenvalue weighted by Crippen LogP contribution is 2.28. The summed E-state index contributed by atoms with van der Waals surface area (Å²) in [5.74, 6) is -2.56. The fourth-order valence-corrected chi connectivity index (χ4v) is 3.15. The predicted molar refractivity (Wildman–Crippen MR) is 104 cm³/mol. The van der Waals surface area contributed by atoms with E-state index in [1.165, 1.54) is 4.90 Å². The maximum Gasteiger partial charge on any atom is 0.321 e. The summed E-state index contributed by atoms with van der Waals surface area (Å²) >= 11 is 0. The normalized spacial score (nSPS) is 15.9. The van der Waals surface area contributed by atoms with Gasteiger partial charge < -0.3 is 15.0 Å². The van der Waals surface area contributed by atoms with Crippen molar-refractivity contribution in [3.63, 3.8) is 0 Å². The average molecular weight is 410 g/mol. The van der Waals surface area contributed by atoms with E-state index in [0.717, 1.165) is 18.2 Å². The Kier molecular flexibility index (Phi) is 5.34. The zero-order valence-corrected chi connectivity index (χ0v) is 15.6. The van der Waals surface area contributed by atoms with Crippen LogP contribution in [0.25, 0.3) is 0 Å². The molecule has 30 heavy (non-hydrogen) atoms. The Morgan fingerprint density at radius 1 is 1.07 bits per heavy atom. The number of carbonyl (C=O) groups is 2. The molecule has 0 bridgehead atoms. The van der Waals surface area contributed by atoms with Crippen LogP contribution in [-0.2, 0) is 9.59 Å². The summed E-state index contributed by atoms with van der Waals surface area (Å²) in [7, 11) is 0. The molecule has 0 spiro atoms. The molecule has 9 heteroatoms. The maximum atomic E-state index is 13.5. The van der Waals surface area contributed by atoms with E-state index < -0.39 is 17.6 Å². The molecule has 1 N–H and O–H groups in total. The van der Waals surface area contributed by atoms with Crippen molar-refractivity contribution in [2.24, 2.45) is 5.92 Å². The molecule has 152 valence electrons. The fourth-order valence-electron chi connectivity index (χ4n) is 3.15. The van der Waals surface area contributed by atoms with Crippen LogP contribution >= 0.6 is 0 Å². The van der Waals surface area contributed by atoms with Gasteiger partial charge in [-0.05, 0) is 30.3 Å². The second kappa shape index (κ2) is 8.24. The minimum Gasteiger partial charge on any atom is -0.424 e. The number of halogens is 2. The molecule has 2 amide bonds. The topological polar surface area (TPSA) is 84.4 Å². The van der Waals surface area contributed by atoms with Gasteiger partial charge in [0.15, 0.2) is 0 Å². The van der Waals surface area contributed by atoms with Gasteiger partial charge in [-0.1, -0.05) is 6.07 Å². The predicted octanol–water partition coefficient (Wildman–Crippen LogP) is 3.54. The maximum absolute atomic E-state index is 13.5. The zero-order valence-electron chi connectivity index (χ0n) is 15.6. The first-order valence-electron chi connectivity index (χ1n) is 9.10. The van der Waals surface area contributed by atoms with Crippen LogP contribution in [0.15, 0.2) is 60.9 Å². The summed E-state index contributed by atoms with van der Waals surface area (Å²) in [6, 6.07) is 11.3. The molecule has 0 saturated carbocycles. The highest BCUT2D eigenvalue weighted by atomic mass is 19.1. The standard InChI is InChI=1S/C21H16F2N4O3/c22-14-8-15(23)10-17(9-14)27-12-13(7-19(27)28)20(29)26-16-3-1-4-18(11-16)30-21-24-5-2-6-25-21/h1-6,8-11,13H,7,12H2,(H,26,29)/t13-/m0/s1. The molecule has 0 aliphatic carbocycles. The Morgan fingerprint density at radius 3 is 2.53 bits per heavy atom. The number of aromatic nitrogens is 2. The van der Waals surface area contributed by atoms with E-state index in [9.17, 15) is 18.4 Å². The van der Waals surface area contributed by atoms with E-state index in [0.29, 0.717) is 11.4 Å². The van der Waals surface area contributed by atoms with E-state index in [1.807, 2.05) is 0 Å². The summed E-state index contributed by atoms with van der Waals surface area (Å²) < 4.78 is 32.5. The minimum atomic E-state index is -0.787. The number of rotatable bonds is 5. The molecule has 1 fully saturated rings. The third-order valence-corrected chi connectivity index (χ3v) is 4.51. The SMILES string of the molecule is O=C(Nc1cccc(Oc2ncccn2)c1)[C@H]1CC(=O)N(c2cc(F)cc(F)c2)C1. The number of hydrogen-bond donors (Lipinski definition) is 1. The fraction of sp³-hybridized carbons (Fsp3) is 0.143. The number of nitrogens with zero attached hydrogens (tertiary/aromatic N) is 3. The van der Waals surface area contributed by atoms with Crippen LogP contribution in [0.2, 0.25) is 0 Å². The van der Waals surface area contributed by atoms with E-state index in [-0.39, 0.29) is 36.5 Å². The van der Waals surface area contributed by atoms with E-state index in [2.05, 4.69) is 15.3 Å². The molecule has 1 atom stereocenters. The summed E-state index contributed by atoms with van der Waals surface area (Å²) in [4.78, 5) is 34.1. The van der Waals surface area contributed by atoms with Gasteiger partial charge in [0.05, 0.1) is 5.92 Å². The zero-order chi connectivity index (χ0) is 21.1. The lowest BCUT2D eigenvalue weighted by atomic mass is 10.1. The van der Waals surface area contributed by atoms with Gasteiger partial charge in [0.2, 0.25) is 11.8 Å². The van der Waals surface area contributed by atoms with Crippen molar-refractivity contribution >= 4 is 23.2 Å². The smallest absolute Gasteiger partial charge is 0.321 e. The summed E-state index contributed by atoms with van der Waals surface area (Å²) in [6.07, 6.45) is 3.03. The van der Waals surface area contributed by atoms with Crippen LogP contribution in [0.4, 0.5) is 20.2 Å². The second-order valence-electron chi connectivity index (χ2n) is 6.68. The minimum absolute atomic E-state index is 0.0294. The molecule has 0 unspecified atom stereocenters. The number of carbonyl (C=O) groups excluding carboxylic acids is 2.